The van der Waals surface area contributed by atoms with Gasteiger partial charge in [-0.15, -0.1) is 0 Å². The molecule has 0 heterocycles. The summed E-state index contributed by atoms with van der Waals surface area (Å²) in [6.45, 7) is 1.97. The van der Waals surface area contributed by atoms with Gasteiger partial charge in [0.25, 0.3) is 0 Å². The van der Waals surface area contributed by atoms with Crippen molar-refractivity contribution in [3.05, 3.63) is 29.8 Å². The van der Waals surface area contributed by atoms with E-state index >= 15 is 0 Å². The van der Waals surface area contributed by atoms with E-state index in [-0.39, 0.29) is 5.91 Å². The Labute approximate surface area is 95.1 Å². The first-order valence-electron chi connectivity index (χ1n) is 4.98. The number of carbonyl (C=O) groups excluding carboxylic acids is 1. The number of methoxy groups -OCH3 is 1. The third-order valence-corrected chi connectivity index (χ3v) is 2.02. The van der Waals surface area contributed by atoms with Gasteiger partial charge < -0.3 is 15.8 Å². The number of amides is 1. The zero-order valence-electron chi connectivity index (χ0n) is 9.49. The standard InChI is InChI=1S/C12H16N2O2/c1-9(15)14-7-3-4-10-8-11(13)5-6-12(10)16-2/h3-6,8H,7,13H2,1-2H3,(H,14,15). The minimum Gasteiger partial charge on any atom is -0.496 e. The Hall–Kier alpha value is -1.97. The number of benzene rings is 1. The fraction of sp³-hybridized carbons (Fsp3) is 0.250. The van der Waals surface area contributed by atoms with Crippen molar-refractivity contribution in [1.82, 2.24) is 5.32 Å². The van der Waals surface area contributed by atoms with Gasteiger partial charge in [-0.3, -0.25) is 4.79 Å². The number of nitrogens with one attached hydrogen (secondary N) is 1. The summed E-state index contributed by atoms with van der Waals surface area (Å²) < 4.78 is 5.18. The maximum absolute atomic E-state index is 10.6. The number of anilines is 1. The Kier molecular flexibility index (Phi) is 4.39. The molecule has 0 saturated carbocycles. The normalized spacial score (nSPS) is 10.4. The number of nitrogen functional groups attached to an aromatic ring is 1. The molecule has 0 atom stereocenters. The molecular formula is C12H16N2O2. The van der Waals surface area contributed by atoms with E-state index in [4.69, 9.17) is 10.5 Å². The second-order valence-corrected chi connectivity index (χ2v) is 3.34. The van der Waals surface area contributed by atoms with E-state index in [9.17, 15) is 4.79 Å². The SMILES string of the molecule is COc1ccc(N)cc1C=CCNC(C)=O. The van der Waals surface area contributed by atoms with Crippen LogP contribution in [0.25, 0.3) is 6.08 Å². The summed E-state index contributed by atoms with van der Waals surface area (Å²) in [6.07, 6.45) is 3.71. The van der Waals surface area contributed by atoms with Gasteiger partial charge in [0, 0.05) is 24.7 Å². The Morgan fingerprint density at radius 2 is 2.31 bits per heavy atom. The van der Waals surface area contributed by atoms with Gasteiger partial charge in [0.2, 0.25) is 5.91 Å². The van der Waals surface area contributed by atoms with Crippen LogP contribution in [-0.4, -0.2) is 19.6 Å². The van der Waals surface area contributed by atoms with E-state index < -0.39 is 0 Å². The highest BCUT2D eigenvalue weighted by atomic mass is 16.5. The fourth-order valence-corrected chi connectivity index (χ4v) is 1.27. The highest BCUT2D eigenvalue weighted by Gasteiger charge is 1.99. The molecular weight excluding hydrogens is 204 g/mol. The first-order chi connectivity index (χ1) is 7.63. The van der Waals surface area contributed by atoms with Crippen LogP contribution >= 0.6 is 0 Å². The van der Waals surface area contributed by atoms with Gasteiger partial charge in [-0.1, -0.05) is 12.2 Å². The van der Waals surface area contributed by atoms with Crippen LogP contribution in [0.15, 0.2) is 24.3 Å². The molecule has 1 aromatic carbocycles. The molecule has 16 heavy (non-hydrogen) atoms. The molecule has 1 rings (SSSR count). The highest BCUT2D eigenvalue weighted by molar-refractivity contribution is 5.73. The molecule has 0 bridgehead atoms. The summed E-state index contributed by atoms with van der Waals surface area (Å²) in [4.78, 5) is 10.6. The Balaban J connectivity index is 2.71. The molecule has 0 unspecified atom stereocenters. The molecule has 0 saturated heterocycles. The minimum absolute atomic E-state index is 0.0517. The predicted molar refractivity (Wildman–Crippen MR) is 65.1 cm³/mol. The summed E-state index contributed by atoms with van der Waals surface area (Å²) in [5.74, 6) is 0.706. The second-order valence-electron chi connectivity index (χ2n) is 3.34. The van der Waals surface area contributed by atoms with Crippen molar-refractivity contribution < 1.29 is 9.53 Å². The van der Waals surface area contributed by atoms with E-state index in [2.05, 4.69) is 5.32 Å². The van der Waals surface area contributed by atoms with Crippen molar-refractivity contribution >= 4 is 17.7 Å². The molecule has 1 aromatic rings. The van der Waals surface area contributed by atoms with Crippen molar-refractivity contribution in [3.63, 3.8) is 0 Å². The number of hydrogen-bond donors (Lipinski definition) is 2. The minimum atomic E-state index is -0.0517. The van der Waals surface area contributed by atoms with Crippen LogP contribution in [0.4, 0.5) is 5.69 Å². The number of carbonyl (C=O) groups is 1. The maximum Gasteiger partial charge on any atom is 0.217 e. The Bertz CT molecular complexity index is 400. The van der Waals surface area contributed by atoms with Gasteiger partial charge in [-0.25, -0.2) is 0 Å². The van der Waals surface area contributed by atoms with Crippen molar-refractivity contribution in [1.29, 1.82) is 0 Å². The molecule has 0 radical (unpaired) electrons. The second kappa shape index (κ2) is 5.80. The summed E-state index contributed by atoms with van der Waals surface area (Å²) in [7, 11) is 1.61. The first kappa shape index (κ1) is 12.1. The van der Waals surface area contributed by atoms with E-state index in [0.717, 1.165) is 11.3 Å². The van der Waals surface area contributed by atoms with Crippen LogP contribution in [0, 0.1) is 0 Å². The van der Waals surface area contributed by atoms with Crippen molar-refractivity contribution in [2.45, 2.75) is 6.92 Å². The first-order valence-corrected chi connectivity index (χ1v) is 4.98. The average Bonchev–Trinajstić information content (AvgIpc) is 2.24. The van der Waals surface area contributed by atoms with Crippen LogP contribution in [0.3, 0.4) is 0 Å². The van der Waals surface area contributed by atoms with E-state index in [0.29, 0.717) is 12.2 Å². The largest absolute Gasteiger partial charge is 0.496 e. The summed E-state index contributed by atoms with van der Waals surface area (Å²) in [5, 5.41) is 2.67. The fourth-order valence-electron chi connectivity index (χ4n) is 1.27. The molecule has 1 amide bonds. The molecule has 0 aliphatic heterocycles. The molecule has 4 nitrogen and oxygen atoms in total. The molecule has 4 heteroatoms. The predicted octanol–water partition coefficient (Wildman–Crippen LogP) is 1.43. The zero-order chi connectivity index (χ0) is 12.0. The Morgan fingerprint density at radius 1 is 1.56 bits per heavy atom. The van der Waals surface area contributed by atoms with Crippen LogP contribution in [0.5, 0.6) is 5.75 Å². The van der Waals surface area contributed by atoms with Gasteiger partial charge >= 0.3 is 0 Å². The summed E-state index contributed by atoms with van der Waals surface area (Å²) >= 11 is 0. The van der Waals surface area contributed by atoms with E-state index in [1.165, 1.54) is 6.92 Å². The van der Waals surface area contributed by atoms with Gasteiger partial charge in [0.15, 0.2) is 0 Å². The van der Waals surface area contributed by atoms with Gasteiger partial charge in [0.05, 0.1) is 7.11 Å². The zero-order valence-corrected chi connectivity index (χ0v) is 9.49. The summed E-state index contributed by atoms with van der Waals surface area (Å²) in [5.41, 5.74) is 7.25. The number of ether oxygens (including phenoxy) is 1. The van der Waals surface area contributed by atoms with Crippen LogP contribution < -0.4 is 15.8 Å². The lowest BCUT2D eigenvalue weighted by atomic mass is 10.1. The van der Waals surface area contributed by atoms with E-state index in [1.807, 2.05) is 24.3 Å². The number of hydrogen-bond acceptors (Lipinski definition) is 3. The van der Waals surface area contributed by atoms with E-state index in [1.54, 1.807) is 13.2 Å². The maximum atomic E-state index is 10.6. The smallest absolute Gasteiger partial charge is 0.217 e. The van der Waals surface area contributed by atoms with Gasteiger partial charge in [-0.2, -0.15) is 0 Å². The molecule has 3 N–H and O–H groups in total. The third kappa shape index (κ3) is 3.65. The molecule has 0 spiro atoms. The molecule has 86 valence electrons. The monoisotopic (exact) mass is 220 g/mol. The van der Waals surface area contributed by atoms with Gasteiger partial charge in [-0.05, 0) is 18.2 Å². The lowest BCUT2D eigenvalue weighted by Crippen LogP contribution is -2.19. The molecule has 0 fully saturated rings. The van der Waals surface area contributed by atoms with Crippen molar-refractivity contribution in [2.75, 3.05) is 19.4 Å². The average molecular weight is 220 g/mol. The van der Waals surface area contributed by atoms with Crippen molar-refractivity contribution in [2.24, 2.45) is 0 Å². The molecule has 0 aliphatic carbocycles. The van der Waals surface area contributed by atoms with Crippen LogP contribution in [-0.2, 0) is 4.79 Å². The lowest BCUT2D eigenvalue weighted by Gasteiger charge is -2.05. The molecule has 0 aliphatic rings. The van der Waals surface area contributed by atoms with Crippen LogP contribution in [0.1, 0.15) is 12.5 Å². The van der Waals surface area contributed by atoms with Gasteiger partial charge in [0.1, 0.15) is 5.75 Å². The quantitative estimate of drug-likeness (QED) is 0.754. The topological polar surface area (TPSA) is 64.3 Å². The highest BCUT2D eigenvalue weighted by Crippen LogP contribution is 2.22. The van der Waals surface area contributed by atoms with Crippen molar-refractivity contribution in [3.8, 4) is 5.75 Å². The number of nitrogens with two attached hydrogens (primary N) is 1. The molecule has 0 aromatic heterocycles. The lowest BCUT2D eigenvalue weighted by molar-refractivity contribution is -0.118. The third-order valence-electron chi connectivity index (χ3n) is 2.02. The van der Waals surface area contributed by atoms with Crippen LogP contribution in [0.2, 0.25) is 0 Å². The summed E-state index contributed by atoms with van der Waals surface area (Å²) in [6, 6.07) is 5.42. The number of rotatable bonds is 4. The Morgan fingerprint density at radius 3 is 2.94 bits per heavy atom.